The van der Waals surface area contributed by atoms with E-state index in [2.05, 4.69) is 19.2 Å². The summed E-state index contributed by atoms with van der Waals surface area (Å²) in [7, 11) is 0. The Kier molecular flexibility index (Phi) is 7.45. The highest BCUT2D eigenvalue weighted by Gasteiger charge is 2.14. The summed E-state index contributed by atoms with van der Waals surface area (Å²) in [6, 6.07) is 0.582. The monoisotopic (exact) mass is 247 g/mol. The average molecular weight is 247 g/mol. The van der Waals surface area contributed by atoms with Gasteiger partial charge in [-0.3, -0.25) is 0 Å². The maximum absolute atomic E-state index is 9.70. The minimum atomic E-state index is -0.370. The quantitative estimate of drug-likeness (QED) is 0.715. The standard InChI is InChI=1S/C12H25NO2S/c1-10(2)7-15-8-12(14)6-13-11-4-3-5-16-9-11/h10-14H,3-9H2,1-2H3. The molecule has 1 aliphatic rings. The SMILES string of the molecule is CC(C)COCC(O)CNC1CCCSC1. The van der Waals surface area contributed by atoms with E-state index in [0.717, 1.165) is 6.61 Å². The van der Waals surface area contributed by atoms with Gasteiger partial charge >= 0.3 is 0 Å². The van der Waals surface area contributed by atoms with Gasteiger partial charge in [0.25, 0.3) is 0 Å². The third kappa shape index (κ3) is 6.74. The molecule has 0 amide bonds. The Morgan fingerprint density at radius 1 is 1.44 bits per heavy atom. The van der Waals surface area contributed by atoms with E-state index in [1.54, 1.807) is 0 Å². The van der Waals surface area contributed by atoms with Gasteiger partial charge in [-0.25, -0.2) is 0 Å². The fourth-order valence-corrected chi connectivity index (χ4v) is 2.81. The van der Waals surface area contributed by atoms with Crippen LogP contribution in [0.15, 0.2) is 0 Å². The van der Waals surface area contributed by atoms with E-state index in [-0.39, 0.29) is 6.10 Å². The molecule has 0 bridgehead atoms. The number of nitrogens with one attached hydrogen (secondary N) is 1. The van der Waals surface area contributed by atoms with E-state index in [1.165, 1.54) is 24.3 Å². The predicted molar refractivity (Wildman–Crippen MR) is 70.0 cm³/mol. The lowest BCUT2D eigenvalue weighted by molar-refractivity contribution is 0.0251. The second-order valence-corrected chi connectivity index (χ2v) is 6.06. The fourth-order valence-electron chi connectivity index (χ4n) is 1.70. The zero-order valence-electron chi connectivity index (χ0n) is 10.4. The number of hydrogen-bond donors (Lipinski definition) is 2. The van der Waals surface area contributed by atoms with Crippen molar-refractivity contribution < 1.29 is 9.84 Å². The summed E-state index contributed by atoms with van der Waals surface area (Å²) < 4.78 is 5.40. The molecule has 1 rings (SSSR count). The van der Waals surface area contributed by atoms with Crippen molar-refractivity contribution >= 4 is 11.8 Å². The van der Waals surface area contributed by atoms with E-state index < -0.39 is 0 Å². The van der Waals surface area contributed by atoms with Gasteiger partial charge in [0, 0.05) is 24.9 Å². The summed E-state index contributed by atoms with van der Waals surface area (Å²) in [6.07, 6.45) is 2.17. The average Bonchev–Trinajstić information content (AvgIpc) is 2.27. The van der Waals surface area contributed by atoms with Crippen LogP contribution in [0.5, 0.6) is 0 Å². The molecule has 96 valence electrons. The van der Waals surface area contributed by atoms with E-state index in [4.69, 9.17) is 4.74 Å². The van der Waals surface area contributed by atoms with Crippen molar-refractivity contribution in [1.29, 1.82) is 0 Å². The van der Waals surface area contributed by atoms with E-state index in [9.17, 15) is 5.11 Å². The molecule has 1 fully saturated rings. The van der Waals surface area contributed by atoms with Gasteiger partial charge in [-0.1, -0.05) is 13.8 Å². The van der Waals surface area contributed by atoms with E-state index >= 15 is 0 Å². The van der Waals surface area contributed by atoms with Crippen molar-refractivity contribution in [3.63, 3.8) is 0 Å². The van der Waals surface area contributed by atoms with Crippen molar-refractivity contribution in [3.05, 3.63) is 0 Å². The van der Waals surface area contributed by atoms with Gasteiger partial charge in [0.2, 0.25) is 0 Å². The predicted octanol–water partition coefficient (Wildman–Crippen LogP) is 1.51. The Labute approximate surface area is 103 Å². The smallest absolute Gasteiger partial charge is 0.0897 e. The molecule has 0 aliphatic carbocycles. The number of aliphatic hydroxyl groups is 1. The maximum Gasteiger partial charge on any atom is 0.0897 e. The van der Waals surface area contributed by atoms with Gasteiger partial charge in [-0.05, 0) is 24.5 Å². The van der Waals surface area contributed by atoms with Crippen molar-refractivity contribution in [2.45, 2.75) is 38.8 Å². The van der Waals surface area contributed by atoms with Crippen LogP contribution in [-0.4, -0.2) is 48.5 Å². The molecule has 0 spiro atoms. The third-order valence-electron chi connectivity index (χ3n) is 2.56. The van der Waals surface area contributed by atoms with Crippen molar-refractivity contribution in [2.75, 3.05) is 31.3 Å². The number of aliphatic hydroxyl groups excluding tert-OH is 1. The highest BCUT2D eigenvalue weighted by molar-refractivity contribution is 7.99. The lowest BCUT2D eigenvalue weighted by atomic mass is 10.2. The largest absolute Gasteiger partial charge is 0.389 e. The second-order valence-electron chi connectivity index (χ2n) is 4.91. The number of thioether (sulfide) groups is 1. The van der Waals surface area contributed by atoms with Crippen LogP contribution < -0.4 is 5.32 Å². The van der Waals surface area contributed by atoms with Crippen LogP contribution in [0.1, 0.15) is 26.7 Å². The molecule has 2 N–H and O–H groups in total. The molecule has 2 atom stereocenters. The first-order chi connectivity index (χ1) is 7.68. The van der Waals surface area contributed by atoms with Gasteiger partial charge in [-0.15, -0.1) is 0 Å². The van der Waals surface area contributed by atoms with Gasteiger partial charge < -0.3 is 15.2 Å². The molecule has 1 saturated heterocycles. The van der Waals surface area contributed by atoms with Crippen LogP contribution in [0.3, 0.4) is 0 Å². The first-order valence-corrected chi connectivity index (χ1v) is 7.41. The Morgan fingerprint density at radius 2 is 2.25 bits per heavy atom. The summed E-state index contributed by atoms with van der Waals surface area (Å²) >= 11 is 2.00. The molecule has 0 saturated carbocycles. The molecule has 16 heavy (non-hydrogen) atoms. The maximum atomic E-state index is 9.70. The molecule has 0 radical (unpaired) electrons. The summed E-state index contributed by atoms with van der Waals surface area (Å²) in [5.74, 6) is 3.01. The number of hydrogen-bond acceptors (Lipinski definition) is 4. The Balaban J connectivity index is 1.98. The lowest BCUT2D eigenvalue weighted by Gasteiger charge is -2.24. The van der Waals surface area contributed by atoms with Gasteiger partial charge in [-0.2, -0.15) is 11.8 Å². The molecule has 3 nitrogen and oxygen atoms in total. The zero-order chi connectivity index (χ0) is 11.8. The number of rotatable bonds is 7. The van der Waals surface area contributed by atoms with Crippen LogP contribution in [0.25, 0.3) is 0 Å². The number of ether oxygens (including phenoxy) is 1. The Hall–Kier alpha value is 0.230. The molecular weight excluding hydrogens is 222 g/mol. The van der Waals surface area contributed by atoms with E-state index in [0.29, 0.717) is 25.1 Å². The lowest BCUT2D eigenvalue weighted by Crippen LogP contribution is -2.40. The molecule has 0 aromatic carbocycles. The van der Waals surface area contributed by atoms with Gasteiger partial charge in [0.05, 0.1) is 12.7 Å². The Bertz CT molecular complexity index is 172. The zero-order valence-corrected chi connectivity index (χ0v) is 11.3. The summed E-state index contributed by atoms with van der Waals surface area (Å²) in [4.78, 5) is 0. The minimum Gasteiger partial charge on any atom is -0.389 e. The van der Waals surface area contributed by atoms with E-state index in [1.807, 2.05) is 11.8 Å². The molecule has 1 aliphatic heterocycles. The Morgan fingerprint density at radius 3 is 2.88 bits per heavy atom. The van der Waals surface area contributed by atoms with Crippen LogP contribution in [0.2, 0.25) is 0 Å². The molecule has 0 aromatic heterocycles. The topological polar surface area (TPSA) is 41.5 Å². The van der Waals surface area contributed by atoms with Gasteiger partial charge in [0.1, 0.15) is 0 Å². The fraction of sp³-hybridized carbons (Fsp3) is 1.00. The molecule has 2 unspecified atom stereocenters. The van der Waals surface area contributed by atoms with Gasteiger partial charge in [0.15, 0.2) is 0 Å². The summed E-state index contributed by atoms with van der Waals surface area (Å²) in [5, 5.41) is 13.1. The molecule has 1 heterocycles. The normalized spacial score (nSPS) is 23.6. The summed E-state index contributed by atoms with van der Waals surface area (Å²) in [6.45, 7) is 6.07. The molecule has 4 heteroatoms. The third-order valence-corrected chi connectivity index (χ3v) is 3.78. The van der Waals surface area contributed by atoms with Crippen molar-refractivity contribution in [3.8, 4) is 0 Å². The van der Waals surface area contributed by atoms with Crippen molar-refractivity contribution in [2.24, 2.45) is 5.92 Å². The summed E-state index contributed by atoms with van der Waals surface area (Å²) in [5.41, 5.74) is 0. The molecule has 0 aromatic rings. The first-order valence-electron chi connectivity index (χ1n) is 6.25. The second kappa shape index (κ2) is 8.34. The van der Waals surface area contributed by atoms with Crippen LogP contribution in [-0.2, 0) is 4.74 Å². The van der Waals surface area contributed by atoms with Crippen LogP contribution in [0.4, 0.5) is 0 Å². The minimum absolute atomic E-state index is 0.370. The van der Waals surface area contributed by atoms with Crippen LogP contribution in [0, 0.1) is 5.92 Å². The highest BCUT2D eigenvalue weighted by atomic mass is 32.2. The van der Waals surface area contributed by atoms with Crippen LogP contribution >= 0.6 is 11.8 Å². The molecular formula is C12H25NO2S. The highest BCUT2D eigenvalue weighted by Crippen LogP contribution is 2.16. The first kappa shape index (κ1) is 14.3. The van der Waals surface area contributed by atoms with Crippen molar-refractivity contribution in [1.82, 2.24) is 5.32 Å².